The van der Waals surface area contributed by atoms with Crippen LogP contribution in [0.3, 0.4) is 0 Å². The average molecular weight is 337 g/mol. The lowest BCUT2D eigenvalue weighted by Gasteiger charge is -2.35. The summed E-state index contributed by atoms with van der Waals surface area (Å²) in [5.74, 6) is -0.224. The zero-order valence-electron chi connectivity index (χ0n) is 12.6. The molecule has 3 heterocycles. The molecule has 0 N–H and O–H groups in total. The zero-order valence-corrected chi connectivity index (χ0v) is 12.6. The van der Waals surface area contributed by atoms with Crippen LogP contribution in [0.5, 0.6) is 0 Å². The number of anilines is 1. The molecule has 0 aromatic carbocycles. The van der Waals surface area contributed by atoms with Gasteiger partial charge in [-0.05, 0) is 18.2 Å². The van der Waals surface area contributed by atoms with E-state index in [4.69, 9.17) is 0 Å². The van der Waals surface area contributed by atoms with Gasteiger partial charge in [-0.1, -0.05) is 6.07 Å². The number of alkyl halides is 3. The second kappa shape index (κ2) is 6.42. The van der Waals surface area contributed by atoms with Gasteiger partial charge < -0.3 is 9.80 Å². The maximum absolute atomic E-state index is 12.7. The summed E-state index contributed by atoms with van der Waals surface area (Å²) in [7, 11) is 0. The normalized spacial score (nSPS) is 15.5. The number of carbonyl (C=O) groups is 1. The number of carbonyl (C=O) groups excluding carboxylic acids is 1. The van der Waals surface area contributed by atoms with Gasteiger partial charge in [0.2, 0.25) is 5.82 Å². The van der Waals surface area contributed by atoms with Crippen LogP contribution in [0, 0.1) is 0 Å². The van der Waals surface area contributed by atoms with Crippen LogP contribution in [0.15, 0.2) is 36.7 Å². The number of nitrogens with zero attached hydrogens (tertiary/aromatic N) is 5. The highest BCUT2D eigenvalue weighted by atomic mass is 19.4. The van der Waals surface area contributed by atoms with E-state index in [0.717, 1.165) is 18.1 Å². The molecule has 24 heavy (non-hydrogen) atoms. The highest BCUT2D eigenvalue weighted by Gasteiger charge is 2.34. The minimum Gasteiger partial charge on any atom is -0.353 e. The summed E-state index contributed by atoms with van der Waals surface area (Å²) in [4.78, 5) is 27.0. The summed E-state index contributed by atoms with van der Waals surface area (Å²) in [5, 5.41) is 0. The Labute approximate surface area is 136 Å². The molecule has 1 saturated heterocycles. The summed E-state index contributed by atoms with van der Waals surface area (Å²) >= 11 is 0. The molecule has 1 fully saturated rings. The van der Waals surface area contributed by atoms with Crippen LogP contribution in [0.1, 0.15) is 16.3 Å². The largest absolute Gasteiger partial charge is 0.433 e. The summed E-state index contributed by atoms with van der Waals surface area (Å²) < 4.78 is 38.1. The first-order chi connectivity index (χ1) is 11.4. The van der Waals surface area contributed by atoms with Gasteiger partial charge in [0.25, 0.3) is 5.91 Å². The number of piperazine rings is 1. The van der Waals surface area contributed by atoms with E-state index >= 15 is 0 Å². The van der Waals surface area contributed by atoms with E-state index in [0.29, 0.717) is 26.2 Å². The topological polar surface area (TPSA) is 62.2 Å². The molecule has 0 saturated carbocycles. The predicted molar refractivity (Wildman–Crippen MR) is 79.4 cm³/mol. The van der Waals surface area contributed by atoms with Crippen molar-refractivity contribution in [2.24, 2.45) is 0 Å². The van der Waals surface area contributed by atoms with Gasteiger partial charge in [0.15, 0.2) is 0 Å². The highest BCUT2D eigenvalue weighted by Crippen LogP contribution is 2.27. The summed E-state index contributed by atoms with van der Waals surface area (Å²) in [5.41, 5.74) is -1.12. The number of hydrogen-bond acceptors (Lipinski definition) is 5. The number of pyridine rings is 1. The predicted octanol–water partition coefficient (Wildman–Crippen LogP) is 1.85. The van der Waals surface area contributed by atoms with Crippen molar-refractivity contribution in [3.05, 3.63) is 48.2 Å². The fourth-order valence-corrected chi connectivity index (χ4v) is 2.44. The van der Waals surface area contributed by atoms with Gasteiger partial charge in [0.1, 0.15) is 11.5 Å². The maximum Gasteiger partial charge on any atom is 0.433 e. The summed E-state index contributed by atoms with van der Waals surface area (Å²) in [6.07, 6.45) is -1.97. The average Bonchev–Trinajstić information content (AvgIpc) is 2.61. The molecular weight excluding hydrogens is 323 g/mol. The lowest BCUT2D eigenvalue weighted by molar-refractivity contribution is -0.141. The Kier molecular flexibility index (Phi) is 4.32. The first-order valence-electron chi connectivity index (χ1n) is 7.30. The van der Waals surface area contributed by atoms with Crippen LogP contribution in [0.4, 0.5) is 19.0 Å². The van der Waals surface area contributed by atoms with Crippen molar-refractivity contribution in [1.82, 2.24) is 19.9 Å². The van der Waals surface area contributed by atoms with Crippen LogP contribution in [-0.2, 0) is 6.18 Å². The van der Waals surface area contributed by atoms with Gasteiger partial charge in [-0.25, -0.2) is 15.0 Å². The first-order valence-corrected chi connectivity index (χ1v) is 7.30. The second-order valence-electron chi connectivity index (χ2n) is 5.23. The molecule has 9 heteroatoms. The molecule has 1 amide bonds. The van der Waals surface area contributed by atoms with Gasteiger partial charge in [-0.15, -0.1) is 0 Å². The molecule has 2 aromatic rings. The number of aromatic nitrogens is 3. The standard InChI is InChI=1S/C15H14F3N5O/c16-15(17,18)11-4-6-20-13(21-11)14(24)23-9-7-22(8-10-23)12-3-1-2-5-19-12/h1-6H,7-10H2. The maximum atomic E-state index is 12.7. The van der Waals surface area contributed by atoms with Gasteiger partial charge >= 0.3 is 6.18 Å². The Morgan fingerprint density at radius 3 is 2.38 bits per heavy atom. The molecule has 1 aliphatic heterocycles. The van der Waals surface area contributed by atoms with Crippen LogP contribution in [0.2, 0.25) is 0 Å². The van der Waals surface area contributed by atoms with Crippen molar-refractivity contribution in [2.45, 2.75) is 6.18 Å². The number of hydrogen-bond donors (Lipinski definition) is 0. The van der Waals surface area contributed by atoms with Crippen LogP contribution >= 0.6 is 0 Å². The van der Waals surface area contributed by atoms with Gasteiger partial charge in [-0.2, -0.15) is 13.2 Å². The molecular formula is C15H14F3N5O. The molecule has 0 radical (unpaired) electrons. The quantitative estimate of drug-likeness (QED) is 0.837. The molecule has 0 aliphatic carbocycles. The van der Waals surface area contributed by atoms with Crippen LogP contribution < -0.4 is 4.90 Å². The van der Waals surface area contributed by atoms with E-state index < -0.39 is 23.6 Å². The summed E-state index contributed by atoms with van der Waals surface area (Å²) in [6, 6.07) is 6.30. The van der Waals surface area contributed by atoms with Crippen molar-refractivity contribution < 1.29 is 18.0 Å². The molecule has 0 bridgehead atoms. The number of halogens is 3. The Balaban J connectivity index is 1.67. The smallest absolute Gasteiger partial charge is 0.353 e. The van der Waals surface area contributed by atoms with Gasteiger partial charge in [-0.3, -0.25) is 4.79 Å². The Morgan fingerprint density at radius 2 is 1.75 bits per heavy atom. The van der Waals surface area contributed by atoms with Gasteiger partial charge in [0.05, 0.1) is 0 Å². The van der Waals surface area contributed by atoms with E-state index in [1.54, 1.807) is 6.20 Å². The third-order valence-electron chi connectivity index (χ3n) is 3.68. The van der Waals surface area contributed by atoms with Crippen molar-refractivity contribution in [3.8, 4) is 0 Å². The molecule has 1 aliphatic rings. The highest BCUT2D eigenvalue weighted by molar-refractivity contribution is 5.90. The molecule has 3 rings (SSSR count). The minimum atomic E-state index is -4.60. The minimum absolute atomic E-state index is 0.370. The molecule has 0 spiro atoms. The van der Waals surface area contributed by atoms with Crippen molar-refractivity contribution >= 4 is 11.7 Å². The lowest BCUT2D eigenvalue weighted by Crippen LogP contribution is -2.49. The van der Waals surface area contributed by atoms with Gasteiger partial charge in [0, 0.05) is 38.6 Å². The fraction of sp³-hybridized carbons (Fsp3) is 0.333. The lowest BCUT2D eigenvalue weighted by atomic mass is 10.3. The first kappa shape index (κ1) is 16.2. The van der Waals surface area contributed by atoms with Crippen molar-refractivity contribution in [1.29, 1.82) is 0 Å². The van der Waals surface area contributed by atoms with Crippen LogP contribution in [0.25, 0.3) is 0 Å². The van der Waals surface area contributed by atoms with E-state index in [1.807, 2.05) is 23.1 Å². The zero-order chi connectivity index (χ0) is 17.2. The Hall–Kier alpha value is -2.71. The van der Waals surface area contributed by atoms with Crippen LogP contribution in [-0.4, -0.2) is 51.9 Å². The molecule has 126 valence electrons. The summed E-state index contributed by atoms with van der Waals surface area (Å²) in [6.45, 7) is 1.83. The fourth-order valence-electron chi connectivity index (χ4n) is 2.44. The molecule has 0 atom stereocenters. The third-order valence-corrected chi connectivity index (χ3v) is 3.68. The number of rotatable bonds is 2. The molecule has 6 nitrogen and oxygen atoms in total. The van der Waals surface area contributed by atoms with Crippen molar-refractivity contribution in [3.63, 3.8) is 0 Å². The van der Waals surface area contributed by atoms with E-state index in [1.165, 1.54) is 4.90 Å². The Morgan fingerprint density at radius 1 is 1.00 bits per heavy atom. The second-order valence-corrected chi connectivity index (χ2v) is 5.23. The Bertz CT molecular complexity index is 715. The van der Waals surface area contributed by atoms with Crippen molar-refractivity contribution in [2.75, 3.05) is 31.1 Å². The monoisotopic (exact) mass is 337 g/mol. The van der Waals surface area contributed by atoms with E-state index in [-0.39, 0.29) is 0 Å². The molecule has 0 unspecified atom stereocenters. The SMILES string of the molecule is O=C(c1nccc(C(F)(F)F)n1)N1CCN(c2ccccn2)CC1. The molecule has 2 aromatic heterocycles. The van der Waals surface area contributed by atoms with E-state index in [9.17, 15) is 18.0 Å². The number of amides is 1. The third kappa shape index (κ3) is 3.44. The van der Waals surface area contributed by atoms with E-state index in [2.05, 4.69) is 15.0 Å².